The first-order valence-electron chi connectivity index (χ1n) is 7.29. The Bertz CT molecular complexity index is 659. The van der Waals surface area contributed by atoms with Gasteiger partial charge in [-0.3, -0.25) is 4.79 Å². The van der Waals surface area contributed by atoms with Crippen LogP contribution in [-0.2, 0) is 16.0 Å². The van der Waals surface area contributed by atoms with Gasteiger partial charge in [-0.2, -0.15) is 0 Å². The predicted molar refractivity (Wildman–Crippen MR) is 84.3 cm³/mol. The summed E-state index contributed by atoms with van der Waals surface area (Å²) >= 11 is 0. The molecular formula is C17H20N2O3. The third-order valence-electron chi connectivity index (χ3n) is 3.58. The second-order valence-electron chi connectivity index (χ2n) is 5.32. The summed E-state index contributed by atoms with van der Waals surface area (Å²) in [6, 6.07) is 9.07. The van der Waals surface area contributed by atoms with E-state index >= 15 is 0 Å². The largest absolute Gasteiger partial charge is 0.480 e. The van der Waals surface area contributed by atoms with E-state index in [1.165, 1.54) is 10.1 Å². The molecule has 1 heterocycles. The molecule has 2 aromatic rings. The fourth-order valence-corrected chi connectivity index (χ4v) is 2.44. The molecule has 0 aliphatic heterocycles. The second-order valence-corrected chi connectivity index (χ2v) is 5.32. The maximum Gasteiger partial charge on any atom is 0.327 e. The number of nitrogens with zero attached hydrogens (tertiary/aromatic N) is 1. The Morgan fingerprint density at radius 1 is 1.18 bits per heavy atom. The highest BCUT2D eigenvalue weighted by Crippen LogP contribution is 2.23. The number of hydrogen-bond acceptors (Lipinski definition) is 2. The number of aryl methyl sites for hydroxylation is 1. The molecule has 1 aromatic carbocycles. The molecule has 0 bridgehead atoms. The Balaban J connectivity index is 2.22. The maximum absolute atomic E-state index is 11.3. The molecular weight excluding hydrogens is 280 g/mol. The summed E-state index contributed by atoms with van der Waals surface area (Å²) in [5.41, 5.74) is 8.33. The van der Waals surface area contributed by atoms with Crippen LogP contribution < -0.4 is 5.73 Å². The van der Waals surface area contributed by atoms with Gasteiger partial charge in [0.15, 0.2) is 0 Å². The van der Waals surface area contributed by atoms with Crippen molar-refractivity contribution in [3.05, 3.63) is 48.3 Å². The molecule has 0 saturated carbocycles. The molecule has 1 aromatic heterocycles. The fourth-order valence-electron chi connectivity index (χ4n) is 2.44. The van der Waals surface area contributed by atoms with Crippen molar-refractivity contribution in [2.75, 3.05) is 0 Å². The van der Waals surface area contributed by atoms with Crippen molar-refractivity contribution >= 4 is 11.9 Å². The SMILES string of the molecule is CCCc1ccc(-c2ccn(C(CC(N)=O)C(=O)O)c2)cc1. The average Bonchev–Trinajstić information content (AvgIpc) is 2.95. The molecule has 2 rings (SSSR count). The molecule has 1 atom stereocenters. The van der Waals surface area contributed by atoms with Crippen LogP contribution in [0.1, 0.15) is 31.4 Å². The van der Waals surface area contributed by atoms with Gasteiger partial charge in [-0.15, -0.1) is 0 Å². The lowest BCUT2D eigenvalue weighted by Gasteiger charge is -2.12. The number of carboxylic acids is 1. The van der Waals surface area contributed by atoms with E-state index < -0.39 is 17.9 Å². The Hall–Kier alpha value is -2.56. The van der Waals surface area contributed by atoms with Gasteiger partial charge in [0, 0.05) is 12.4 Å². The standard InChI is InChI=1S/C17H20N2O3/c1-2-3-12-4-6-13(7-5-12)14-8-9-19(11-14)15(17(21)22)10-16(18)20/h4-9,11,15H,2-3,10H2,1H3,(H2,18,20)(H,21,22). The van der Waals surface area contributed by atoms with Gasteiger partial charge >= 0.3 is 5.97 Å². The Morgan fingerprint density at radius 3 is 2.41 bits per heavy atom. The first kappa shape index (κ1) is 15.8. The molecule has 22 heavy (non-hydrogen) atoms. The van der Waals surface area contributed by atoms with Crippen molar-refractivity contribution < 1.29 is 14.7 Å². The fraction of sp³-hybridized carbons (Fsp3) is 0.294. The maximum atomic E-state index is 11.3. The average molecular weight is 300 g/mol. The normalized spacial score (nSPS) is 12.0. The highest BCUT2D eigenvalue weighted by Gasteiger charge is 2.21. The number of aliphatic carboxylic acids is 1. The topological polar surface area (TPSA) is 85.3 Å². The van der Waals surface area contributed by atoms with E-state index in [9.17, 15) is 14.7 Å². The van der Waals surface area contributed by atoms with E-state index in [-0.39, 0.29) is 6.42 Å². The van der Waals surface area contributed by atoms with Crippen LogP contribution in [0.3, 0.4) is 0 Å². The van der Waals surface area contributed by atoms with Crippen LogP contribution >= 0.6 is 0 Å². The number of carbonyl (C=O) groups excluding carboxylic acids is 1. The van der Waals surface area contributed by atoms with Crippen molar-refractivity contribution in [3.63, 3.8) is 0 Å². The van der Waals surface area contributed by atoms with E-state index in [4.69, 9.17) is 5.73 Å². The van der Waals surface area contributed by atoms with Crippen LogP contribution in [0.2, 0.25) is 0 Å². The zero-order chi connectivity index (χ0) is 16.1. The molecule has 0 radical (unpaired) electrons. The molecule has 1 amide bonds. The smallest absolute Gasteiger partial charge is 0.327 e. The lowest BCUT2D eigenvalue weighted by Crippen LogP contribution is -2.24. The van der Waals surface area contributed by atoms with Crippen LogP contribution in [0.5, 0.6) is 0 Å². The van der Waals surface area contributed by atoms with Gasteiger partial charge in [0.25, 0.3) is 0 Å². The van der Waals surface area contributed by atoms with E-state index in [1.54, 1.807) is 12.4 Å². The Labute approximate surface area is 129 Å². The lowest BCUT2D eigenvalue weighted by molar-refractivity contribution is -0.142. The number of primary amides is 1. The first-order chi connectivity index (χ1) is 10.5. The number of amides is 1. The molecule has 116 valence electrons. The number of aromatic nitrogens is 1. The predicted octanol–water partition coefficient (Wildman–Crippen LogP) is 2.61. The summed E-state index contributed by atoms with van der Waals surface area (Å²) in [5, 5.41) is 9.22. The van der Waals surface area contributed by atoms with Crippen molar-refractivity contribution in [1.82, 2.24) is 4.57 Å². The van der Waals surface area contributed by atoms with Crippen molar-refractivity contribution in [3.8, 4) is 11.1 Å². The Morgan fingerprint density at radius 2 is 1.86 bits per heavy atom. The van der Waals surface area contributed by atoms with Crippen LogP contribution in [-0.4, -0.2) is 21.6 Å². The summed E-state index contributed by atoms with van der Waals surface area (Å²) in [5.74, 6) is -1.70. The minimum atomic E-state index is -1.07. The highest BCUT2D eigenvalue weighted by atomic mass is 16.4. The summed E-state index contributed by atoms with van der Waals surface area (Å²) < 4.78 is 1.52. The number of hydrogen-bond donors (Lipinski definition) is 2. The van der Waals surface area contributed by atoms with Gasteiger partial charge in [-0.1, -0.05) is 37.6 Å². The number of rotatable bonds is 7. The molecule has 0 aliphatic carbocycles. The Kier molecular flexibility index (Phi) is 4.99. The summed E-state index contributed by atoms with van der Waals surface area (Å²) in [7, 11) is 0. The molecule has 0 spiro atoms. The number of benzene rings is 1. The minimum absolute atomic E-state index is 0.223. The van der Waals surface area contributed by atoms with Crippen LogP contribution in [0.4, 0.5) is 0 Å². The van der Waals surface area contributed by atoms with E-state index in [0.717, 1.165) is 24.0 Å². The van der Waals surface area contributed by atoms with Crippen LogP contribution in [0.25, 0.3) is 11.1 Å². The summed E-state index contributed by atoms with van der Waals surface area (Å²) in [4.78, 5) is 22.3. The zero-order valence-electron chi connectivity index (χ0n) is 12.5. The zero-order valence-corrected chi connectivity index (χ0v) is 12.5. The van der Waals surface area contributed by atoms with E-state index in [1.807, 2.05) is 18.2 Å². The highest BCUT2D eigenvalue weighted by molar-refractivity contribution is 5.82. The van der Waals surface area contributed by atoms with Gasteiger partial charge in [0.05, 0.1) is 6.42 Å². The van der Waals surface area contributed by atoms with Gasteiger partial charge < -0.3 is 15.4 Å². The van der Waals surface area contributed by atoms with Gasteiger partial charge in [0.1, 0.15) is 6.04 Å². The van der Waals surface area contributed by atoms with E-state index in [0.29, 0.717) is 0 Å². The van der Waals surface area contributed by atoms with Gasteiger partial charge in [-0.05, 0) is 29.2 Å². The number of carboxylic acid groups (broad SMARTS) is 1. The van der Waals surface area contributed by atoms with Gasteiger partial charge in [-0.25, -0.2) is 4.79 Å². The summed E-state index contributed by atoms with van der Waals surface area (Å²) in [6.45, 7) is 2.14. The summed E-state index contributed by atoms with van der Waals surface area (Å²) in [6.07, 6.45) is 5.32. The first-order valence-corrected chi connectivity index (χ1v) is 7.29. The quantitative estimate of drug-likeness (QED) is 0.824. The minimum Gasteiger partial charge on any atom is -0.480 e. The van der Waals surface area contributed by atoms with Crippen LogP contribution in [0, 0.1) is 0 Å². The monoisotopic (exact) mass is 300 g/mol. The second kappa shape index (κ2) is 6.93. The number of nitrogens with two attached hydrogens (primary N) is 1. The molecule has 3 N–H and O–H groups in total. The van der Waals surface area contributed by atoms with Crippen molar-refractivity contribution in [2.45, 2.75) is 32.2 Å². The molecule has 0 aliphatic rings. The third kappa shape index (κ3) is 3.75. The molecule has 5 heteroatoms. The lowest BCUT2D eigenvalue weighted by atomic mass is 10.0. The van der Waals surface area contributed by atoms with Gasteiger partial charge in [0.2, 0.25) is 5.91 Å². The molecule has 0 fully saturated rings. The van der Waals surface area contributed by atoms with Crippen LogP contribution in [0.15, 0.2) is 42.7 Å². The van der Waals surface area contributed by atoms with Crippen molar-refractivity contribution in [2.24, 2.45) is 5.73 Å². The molecule has 0 saturated heterocycles. The third-order valence-corrected chi connectivity index (χ3v) is 3.58. The van der Waals surface area contributed by atoms with E-state index in [2.05, 4.69) is 19.1 Å². The molecule has 5 nitrogen and oxygen atoms in total. The van der Waals surface area contributed by atoms with Crippen molar-refractivity contribution in [1.29, 1.82) is 0 Å². The number of carbonyl (C=O) groups is 2. The molecule has 1 unspecified atom stereocenters.